The fourth-order valence-electron chi connectivity index (χ4n) is 1.66. The summed E-state index contributed by atoms with van der Waals surface area (Å²) < 4.78 is 0. The van der Waals surface area contributed by atoms with E-state index in [0.29, 0.717) is 22.5 Å². The molecule has 2 rings (SSSR count). The summed E-state index contributed by atoms with van der Waals surface area (Å²) in [6.07, 6.45) is 0. The van der Waals surface area contributed by atoms with Crippen LogP contribution in [0.15, 0.2) is 42.5 Å². The number of nitrogens with one attached hydrogen (secondary N) is 1. The molecule has 0 aliphatic heterocycles. The summed E-state index contributed by atoms with van der Waals surface area (Å²) in [7, 11) is 0. The van der Waals surface area contributed by atoms with Gasteiger partial charge >= 0.3 is 0 Å². The van der Waals surface area contributed by atoms with Crippen LogP contribution in [0.3, 0.4) is 0 Å². The molecule has 0 fully saturated rings. The Kier molecular flexibility index (Phi) is 3.35. The molecule has 5 nitrogen and oxygen atoms in total. The minimum absolute atomic E-state index is 0.360. The number of carbonyl (C=O) groups is 1. The molecule has 2 aromatic rings. The van der Waals surface area contributed by atoms with Crippen molar-refractivity contribution in [1.82, 2.24) is 0 Å². The highest BCUT2D eigenvalue weighted by molar-refractivity contribution is 5.99. The van der Waals surface area contributed by atoms with E-state index in [1.54, 1.807) is 42.5 Å². The fourth-order valence-corrected chi connectivity index (χ4v) is 1.66. The molecule has 2 aromatic carbocycles. The first-order valence-electron chi connectivity index (χ1n) is 5.56. The molecule has 0 atom stereocenters. The van der Waals surface area contributed by atoms with E-state index >= 15 is 0 Å². The predicted octanol–water partition coefficient (Wildman–Crippen LogP) is 1.98. The number of hydrogen-bond donors (Lipinski definition) is 3. The molecule has 0 saturated carbocycles. The third kappa shape index (κ3) is 2.82. The molecule has 0 saturated heterocycles. The number of carbonyl (C=O) groups excluding carboxylic acids is 1. The van der Waals surface area contributed by atoms with Crippen molar-refractivity contribution >= 4 is 23.0 Å². The molecule has 0 radical (unpaired) electrons. The van der Waals surface area contributed by atoms with E-state index in [0.717, 1.165) is 5.69 Å². The first kappa shape index (κ1) is 12.5. The Bertz CT molecular complexity index is 656. The summed E-state index contributed by atoms with van der Waals surface area (Å²) in [5.74, 6) is -0.531. The van der Waals surface area contributed by atoms with Gasteiger partial charge in [0.2, 0.25) is 0 Å². The van der Waals surface area contributed by atoms with Crippen molar-refractivity contribution < 1.29 is 4.79 Å². The summed E-state index contributed by atoms with van der Waals surface area (Å²) >= 11 is 0. The largest absolute Gasteiger partial charge is 0.399 e. The van der Waals surface area contributed by atoms with Crippen molar-refractivity contribution in [3.8, 4) is 6.07 Å². The molecule has 0 unspecified atom stereocenters. The number of anilines is 3. The molecule has 94 valence electrons. The normalized spacial score (nSPS) is 9.63. The summed E-state index contributed by atoms with van der Waals surface area (Å²) in [5.41, 5.74) is 13.7. The van der Waals surface area contributed by atoms with Crippen molar-refractivity contribution in [2.45, 2.75) is 0 Å². The van der Waals surface area contributed by atoms with Gasteiger partial charge in [-0.2, -0.15) is 5.26 Å². The predicted molar refractivity (Wildman–Crippen MR) is 73.8 cm³/mol. The van der Waals surface area contributed by atoms with Gasteiger partial charge in [0.1, 0.15) is 0 Å². The van der Waals surface area contributed by atoms with E-state index < -0.39 is 5.91 Å². The Hall–Kier alpha value is -3.00. The first-order chi connectivity index (χ1) is 9.10. The van der Waals surface area contributed by atoms with Crippen molar-refractivity contribution in [1.29, 1.82) is 5.26 Å². The lowest BCUT2D eigenvalue weighted by Crippen LogP contribution is -2.13. The average Bonchev–Trinajstić information content (AvgIpc) is 2.39. The van der Waals surface area contributed by atoms with Gasteiger partial charge in [0.15, 0.2) is 0 Å². The molecule has 0 aliphatic carbocycles. The number of hydrogen-bond acceptors (Lipinski definition) is 4. The van der Waals surface area contributed by atoms with Crippen LogP contribution in [0.2, 0.25) is 0 Å². The molecule has 0 bridgehead atoms. The minimum Gasteiger partial charge on any atom is -0.399 e. The van der Waals surface area contributed by atoms with Crippen molar-refractivity contribution in [2.24, 2.45) is 5.73 Å². The maximum absolute atomic E-state index is 11.3. The monoisotopic (exact) mass is 252 g/mol. The van der Waals surface area contributed by atoms with Crippen molar-refractivity contribution in [3.63, 3.8) is 0 Å². The molecule has 0 heterocycles. The maximum Gasteiger partial charge on any atom is 0.250 e. The number of benzene rings is 2. The molecular formula is C14H12N4O. The van der Waals surface area contributed by atoms with Gasteiger partial charge in [-0.15, -0.1) is 0 Å². The molecule has 0 aromatic heterocycles. The van der Waals surface area contributed by atoms with Crippen LogP contribution in [-0.4, -0.2) is 5.91 Å². The summed E-state index contributed by atoms with van der Waals surface area (Å²) in [6, 6.07) is 13.7. The Morgan fingerprint density at radius 2 is 1.84 bits per heavy atom. The highest BCUT2D eigenvalue weighted by Crippen LogP contribution is 2.23. The standard InChI is InChI=1S/C14H12N4O/c15-8-9-1-4-11(5-2-9)18-13-7-10(16)3-6-12(13)14(17)19/h1-7,18H,16H2,(H2,17,19). The summed E-state index contributed by atoms with van der Waals surface area (Å²) in [5, 5.41) is 11.8. The Morgan fingerprint density at radius 3 is 2.42 bits per heavy atom. The Balaban J connectivity index is 2.34. The van der Waals surface area contributed by atoms with Gasteiger partial charge in [0.05, 0.1) is 22.9 Å². The zero-order valence-electron chi connectivity index (χ0n) is 10.1. The van der Waals surface area contributed by atoms with E-state index in [-0.39, 0.29) is 0 Å². The average molecular weight is 252 g/mol. The number of nitriles is 1. The molecule has 19 heavy (non-hydrogen) atoms. The van der Waals surface area contributed by atoms with Gasteiger partial charge in [0, 0.05) is 11.4 Å². The highest BCUT2D eigenvalue weighted by atomic mass is 16.1. The third-order valence-corrected chi connectivity index (χ3v) is 2.60. The molecule has 0 aliphatic rings. The number of nitrogens with two attached hydrogens (primary N) is 2. The number of amides is 1. The van der Waals surface area contributed by atoms with Gasteiger partial charge in [0.25, 0.3) is 5.91 Å². The lowest BCUT2D eigenvalue weighted by atomic mass is 10.1. The Morgan fingerprint density at radius 1 is 1.16 bits per heavy atom. The van der Waals surface area contributed by atoms with Crippen molar-refractivity contribution in [3.05, 3.63) is 53.6 Å². The highest BCUT2D eigenvalue weighted by Gasteiger charge is 2.08. The van der Waals surface area contributed by atoms with E-state index in [1.165, 1.54) is 0 Å². The SMILES string of the molecule is N#Cc1ccc(Nc2cc(N)ccc2C(N)=O)cc1. The van der Waals surface area contributed by atoms with Gasteiger partial charge in [-0.25, -0.2) is 0 Å². The second-order valence-electron chi connectivity index (χ2n) is 3.98. The number of nitrogens with zero attached hydrogens (tertiary/aromatic N) is 1. The molecule has 5 heteroatoms. The Labute approximate surface area is 110 Å². The van der Waals surface area contributed by atoms with Crippen LogP contribution in [0, 0.1) is 11.3 Å². The van der Waals surface area contributed by atoms with Gasteiger partial charge < -0.3 is 16.8 Å². The van der Waals surface area contributed by atoms with Crippen LogP contribution in [0.4, 0.5) is 17.1 Å². The van der Waals surface area contributed by atoms with E-state index in [1.807, 2.05) is 6.07 Å². The number of primary amides is 1. The molecule has 1 amide bonds. The zero-order valence-corrected chi connectivity index (χ0v) is 10.1. The first-order valence-corrected chi connectivity index (χ1v) is 5.56. The topological polar surface area (TPSA) is 105 Å². The van der Waals surface area contributed by atoms with Crippen LogP contribution in [-0.2, 0) is 0 Å². The fraction of sp³-hybridized carbons (Fsp3) is 0. The summed E-state index contributed by atoms with van der Waals surface area (Å²) in [4.78, 5) is 11.3. The lowest BCUT2D eigenvalue weighted by Gasteiger charge is -2.11. The van der Waals surface area contributed by atoms with Crippen LogP contribution in [0.1, 0.15) is 15.9 Å². The molecule has 0 spiro atoms. The van der Waals surface area contributed by atoms with Crippen LogP contribution >= 0.6 is 0 Å². The molecule has 5 N–H and O–H groups in total. The quantitative estimate of drug-likeness (QED) is 0.726. The third-order valence-electron chi connectivity index (χ3n) is 2.60. The van der Waals surface area contributed by atoms with Crippen LogP contribution < -0.4 is 16.8 Å². The van der Waals surface area contributed by atoms with Crippen molar-refractivity contribution in [2.75, 3.05) is 11.1 Å². The van der Waals surface area contributed by atoms with E-state index in [4.69, 9.17) is 16.7 Å². The van der Waals surface area contributed by atoms with Crippen LogP contribution in [0.25, 0.3) is 0 Å². The number of nitrogen functional groups attached to an aromatic ring is 1. The smallest absolute Gasteiger partial charge is 0.250 e. The second-order valence-corrected chi connectivity index (χ2v) is 3.98. The molecular weight excluding hydrogens is 240 g/mol. The number of rotatable bonds is 3. The lowest BCUT2D eigenvalue weighted by molar-refractivity contribution is 0.100. The van der Waals surface area contributed by atoms with E-state index in [2.05, 4.69) is 5.32 Å². The zero-order chi connectivity index (χ0) is 13.8. The van der Waals surface area contributed by atoms with Gasteiger partial charge in [-0.05, 0) is 42.5 Å². The second kappa shape index (κ2) is 5.10. The maximum atomic E-state index is 11.3. The van der Waals surface area contributed by atoms with Gasteiger partial charge in [-0.1, -0.05) is 0 Å². The van der Waals surface area contributed by atoms with Crippen LogP contribution in [0.5, 0.6) is 0 Å². The minimum atomic E-state index is -0.531. The summed E-state index contributed by atoms with van der Waals surface area (Å²) in [6.45, 7) is 0. The van der Waals surface area contributed by atoms with E-state index in [9.17, 15) is 4.79 Å². The van der Waals surface area contributed by atoms with Gasteiger partial charge in [-0.3, -0.25) is 4.79 Å².